The fraction of sp³-hybridized carbons (Fsp3) is 0. The van der Waals surface area contributed by atoms with Crippen LogP contribution in [0, 0.1) is 0 Å². The quantitative estimate of drug-likeness (QED) is 0.177. The van der Waals surface area contributed by atoms with E-state index in [1.807, 2.05) is 42.5 Å². The van der Waals surface area contributed by atoms with Gasteiger partial charge in [-0.2, -0.15) is 0 Å². The molecule has 12 rings (SSSR count). The van der Waals surface area contributed by atoms with Gasteiger partial charge in [-0.25, -0.2) is 9.97 Å². The van der Waals surface area contributed by atoms with Gasteiger partial charge in [-0.15, -0.1) is 0 Å². The molecule has 57 heavy (non-hydrogen) atoms. The highest BCUT2D eigenvalue weighted by Crippen LogP contribution is 2.47. The van der Waals surface area contributed by atoms with Crippen molar-refractivity contribution in [3.63, 3.8) is 0 Å². The predicted molar refractivity (Wildman–Crippen MR) is 233 cm³/mol. The third-order valence-corrected chi connectivity index (χ3v) is 11.2. The number of hydrogen-bond donors (Lipinski definition) is 0. The van der Waals surface area contributed by atoms with Crippen molar-refractivity contribution in [3.05, 3.63) is 188 Å². The van der Waals surface area contributed by atoms with Crippen LogP contribution in [0.1, 0.15) is 0 Å². The second-order valence-electron chi connectivity index (χ2n) is 14.5. The van der Waals surface area contributed by atoms with Crippen LogP contribution in [-0.4, -0.2) is 14.5 Å². The van der Waals surface area contributed by atoms with E-state index in [-0.39, 0.29) is 0 Å². The second kappa shape index (κ2) is 12.4. The minimum absolute atomic E-state index is 0.647. The third kappa shape index (κ3) is 4.82. The topological polar surface area (TPSA) is 57.0 Å². The number of para-hydroxylation sites is 3. The third-order valence-electron chi connectivity index (χ3n) is 11.2. The van der Waals surface area contributed by atoms with Gasteiger partial charge in [-0.1, -0.05) is 140 Å². The zero-order valence-corrected chi connectivity index (χ0v) is 30.6. The summed E-state index contributed by atoms with van der Waals surface area (Å²) in [5.41, 5.74) is 14.1. The van der Waals surface area contributed by atoms with E-state index >= 15 is 0 Å². The van der Waals surface area contributed by atoms with E-state index < -0.39 is 0 Å². The van der Waals surface area contributed by atoms with Crippen molar-refractivity contribution < 1.29 is 8.83 Å². The summed E-state index contributed by atoms with van der Waals surface area (Å²) in [6, 6.07) is 65.6. The van der Waals surface area contributed by atoms with Gasteiger partial charge in [0.1, 0.15) is 28.0 Å². The van der Waals surface area contributed by atoms with Crippen LogP contribution in [0.15, 0.2) is 197 Å². The maximum absolute atomic E-state index is 6.71. The molecule has 0 amide bonds. The van der Waals surface area contributed by atoms with E-state index in [0.717, 1.165) is 105 Å². The van der Waals surface area contributed by atoms with Crippen LogP contribution in [0.4, 0.5) is 0 Å². The van der Waals surface area contributed by atoms with Gasteiger partial charge in [0.15, 0.2) is 11.4 Å². The zero-order valence-electron chi connectivity index (χ0n) is 30.6. The fourth-order valence-electron chi connectivity index (χ4n) is 8.67. The second-order valence-corrected chi connectivity index (χ2v) is 14.5. The molecule has 0 spiro atoms. The first kappa shape index (κ1) is 31.6. The molecule has 0 bridgehead atoms. The van der Waals surface area contributed by atoms with Crippen molar-refractivity contribution in [2.45, 2.75) is 0 Å². The molecule has 0 N–H and O–H groups in total. The molecule has 8 aromatic carbocycles. The number of aromatic nitrogens is 3. The average Bonchev–Trinajstić information content (AvgIpc) is 3.96. The molecule has 0 aliphatic carbocycles. The Morgan fingerprint density at radius 1 is 0.386 bits per heavy atom. The maximum Gasteiger partial charge on any atom is 0.180 e. The first-order valence-electron chi connectivity index (χ1n) is 19.2. The lowest BCUT2D eigenvalue weighted by Crippen LogP contribution is -2.02. The number of furan rings is 2. The number of hydrogen-bond acceptors (Lipinski definition) is 4. The fourth-order valence-corrected chi connectivity index (χ4v) is 8.67. The van der Waals surface area contributed by atoms with Gasteiger partial charge in [0.2, 0.25) is 0 Å². The van der Waals surface area contributed by atoms with E-state index in [1.54, 1.807) is 0 Å². The summed E-state index contributed by atoms with van der Waals surface area (Å²) in [7, 11) is 0. The highest BCUT2D eigenvalue weighted by molar-refractivity contribution is 6.24. The Kier molecular flexibility index (Phi) is 6.86. The van der Waals surface area contributed by atoms with Crippen molar-refractivity contribution in [1.82, 2.24) is 14.5 Å². The van der Waals surface area contributed by atoms with Gasteiger partial charge < -0.3 is 13.4 Å². The van der Waals surface area contributed by atoms with Gasteiger partial charge in [0, 0.05) is 43.8 Å². The van der Waals surface area contributed by atoms with Crippen molar-refractivity contribution in [3.8, 4) is 50.6 Å². The summed E-state index contributed by atoms with van der Waals surface area (Å²) in [5, 5.41) is 5.40. The van der Waals surface area contributed by atoms with Crippen molar-refractivity contribution in [2.75, 3.05) is 0 Å². The maximum atomic E-state index is 6.71. The molecule has 12 aromatic rings. The number of nitrogens with zero attached hydrogens (tertiary/aromatic N) is 3. The van der Waals surface area contributed by atoms with Crippen LogP contribution < -0.4 is 0 Å². The molecule has 0 radical (unpaired) electrons. The standard InChI is InChI=1S/C52H31N3O2/c1-4-16-32(17-5-1)40-30-35(47-51-48(39-24-12-15-27-45(39)57-51)54-52(53-47)34-20-8-3-9-21-34)31-41(33-18-6-2-7-19-33)49(40)55-42-25-13-10-23-38(42)46-43(55)29-28-37-36-22-11-14-26-44(36)56-50(37)46/h1-31H. The summed E-state index contributed by atoms with van der Waals surface area (Å²) in [6.07, 6.45) is 0. The van der Waals surface area contributed by atoms with Gasteiger partial charge in [0.25, 0.3) is 0 Å². The molecule has 0 unspecified atom stereocenters. The SMILES string of the molecule is c1ccc(-c2nc(-c3cc(-c4ccccc4)c(-n4c5ccccc5c5c6oc7ccccc7c6ccc54)c(-c4ccccc4)c3)c3oc4ccccc4c3n2)cc1. The summed E-state index contributed by atoms with van der Waals surface area (Å²) in [6.45, 7) is 0. The molecule has 266 valence electrons. The summed E-state index contributed by atoms with van der Waals surface area (Å²) in [5.74, 6) is 0.647. The first-order chi connectivity index (χ1) is 28.3. The number of rotatable bonds is 5. The van der Waals surface area contributed by atoms with Crippen molar-refractivity contribution in [2.24, 2.45) is 0 Å². The van der Waals surface area contributed by atoms with Gasteiger partial charge in [-0.05, 0) is 59.7 Å². The monoisotopic (exact) mass is 729 g/mol. The molecule has 4 aromatic heterocycles. The first-order valence-corrected chi connectivity index (χ1v) is 19.2. The van der Waals surface area contributed by atoms with Gasteiger partial charge in [-0.3, -0.25) is 0 Å². The summed E-state index contributed by atoms with van der Waals surface area (Å²) < 4.78 is 15.8. The van der Waals surface area contributed by atoms with E-state index in [1.165, 1.54) is 0 Å². The van der Waals surface area contributed by atoms with E-state index in [4.69, 9.17) is 18.8 Å². The molecular weight excluding hydrogens is 699 g/mol. The van der Waals surface area contributed by atoms with Crippen molar-refractivity contribution >= 4 is 65.8 Å². The van der Waals surface area contributed by atoms with Gasteiger partial charge >= 0.3 is 0 Å². The summed E-state index contributed by atoms with van der Waals surface area (Å²) >= 11 is 0. The van der Waals surface area contributed by atoms with Crippen LogP contribution in [0.2, 0.25) is 0 Å². The van der Waals surface area contributed by atoms with Crippen LogP contribution in [0.5, 0.6) is 0 Å². The summed E-state index contributed by atoms with van der Waals surface area (Å²) in [4.78, 5) is 10.5. The lowest BCUT2D eigenvalue weighted by Gasteiger charge is -2.21. The van der Waals surface area contributed by atoms with Crippen LogP contribution >= 0.6 is 0 Å². The Hall–Kier alpha value is -7.76. The molecule has 0 fully saturated rings. The largest absolute Gasteiger partial charge is 0.455 e. The number of fused-ring (bicyclic) bond motifs is 10. The lowest BCUT2D eigenvalue weighted by atomic mass is 9.91. The minimum Gasteiger partial charge on any atom is -0.455 e. The highest BCUT2D eigenvalue weighted by Gasteiger charge is 2.26. The predicted octanol–water partition coefficient (Wildman–Crippen LogP) is 14.0. The zero-order chi connectivity index (χ0) is 37.5. The normalized spacial score (nSPS) is 11.9. The number of benzene rings is 8. The molecule has 0 atom stereocenters. The Morgan fingerprint density at radius 2 is 0.930 bits per heavy atom. The van der Waals surface area contributed by atoms with E-state index in [0.29, 0.717) is 11.4 Å². The molecule has 5 nitrogen and oxygen atoms in total. The highest BCUT2D eigenvalue weighted by atomic mass is 16.3. The molecule has 5 heteroatoms. The van der Waals surface area contributed by atoms with E-state index in [2.05, 4.69) is 150 Å². The average molecular weight is 730 g/mol. The molecule has 0 saturated heterocycles. The lowest BCUT2D eigenvalue weighted by molar-refractivity contribution is 0.667. The minimum atomic E-state index is 0.647. The Bertz CT molecular complexity index is 3450. The van der Waals surface area contributed by atoms with E-state index in [9.17, 15) is 0 Å². The Balaban J connectivity index is 1.24. The molecule has 0 saturated carbocycles. The van der Waals surface area contributed by atoms with Crippen LogP contribution in [-0.2, 0) is 0 Å². The van der Waals surface area contributed by atoms with Crippen molar-refractivity contribution in [1.29, 1.82) is 0 Å². The van der Waals surface area contributed by atoms with Gasteiger partial charge in [0.05, 0.1) is 22.1 Å². The van der Waals surface area contributed by atoms with Crippen LogP contribution in [0.3, 0.4) is 0 Å². The van der Waals surface area contributed by atoms with Crippen LogP contribution in [0.25, 0.3) is 116 Å². The molecule has 0 aliphatic rings. The molecular formula is C52H31N3O2. The smallest absolute Gasteiger partial charge is 0.180 e. The Morgan fingerprint density at radius 3 is 1.61 bits per heavy atom. The molecule has 0 aliphatic heterocycles. The molecule has 4 heterocycles. The Labute approximate surface area is 326 Å².